The van der Waals surface area contributed by atoms with Crippen LogP contribution in [0.25, 0.3) is 0 Å². The number of fused-ring (bicyclic) bond motifs is 1. The molecule has 9 heteroatoms. The Kier molecular flexibility index (Phi) is 4.88. The largest absolute Gasteiger partial charge is 0.492 e. The van der Waals surface area contributed by atoms with Gasteiger partial charge in [0.05, 0.1) is 23.7 Å². The molecule has 2 amide bonds. The lowest BCUT2D eigenvalue weighted by Gasteiger charge is -2.15. The van der Waals surface area contributed by atoms with E-state index in [9.17, 15) is 13.2 Å². The fourth-order valence-electron chi connectivity index (χ4n) is 2.88. The minimum atomic E-state index is -3.56. The van der Waals surface area contributed by atoms with E-state index in [1.54, 1.807) is 30.3 Å². The molecule has 3 rings (SSSR count). The number of nitrogens with zero attached hydrogens (tertiary/aromatic N) is 2. The SMILES string of the molecule is CCOc1ccccc1NC(=O)Nc1cc2c(cc1C)N(C)S(=O)(=O)N2C. The van der Waals surface area contributed by atoms with E-state index >= 15 is 0 Å². The molecule has 0 saturated heterocycles. The van der Waals surface area contributed by atoms with E-state index in [2.05, 4.69) is 10.6 Å². The predicted molar refractivity (Wildman–Crippen MR) is 107 cm³/mol. The molecule has 1 aliphatic heterocycles. The van der Waals surface area contributed by atoms with E-state index in [1.165, 1.54) is 22.7 Å². The van der Waals surface area contributed by atoms with Crippen LogP contribution < -0.4 is 24.0 Å². The van der Waals surface area contributed by atoms with Crippen LogP contribution in [0.1, 0.15) is 12.5 Å². The molecule has 0 aromatic heterocycles. The molecule has 1 heterocycles. The van der Waals surface area contributed by atoms with Crippen molar-refractivity contribution in [1.82, 2.24) is 0 Å². The quantitative estimate of drug-likeness (QED) is 0.839. The summed E-state index contributed by atoms with van der Waals surface area (Å²) >= 11 is 0. The Labute approximate surface area is 158 Å². The molecule has 0 bridgehead atoms. The van der Waals surface area contributed by atoms with Crippen LogP contribution in [0.2, 0.25) is 0 Å². The molecule has 0 saturated carbocycles. The van der Waals surface area contributed by atoms with Crippen LogP contribution in [-0.2, 0) is 10.2 Å². The molecule has 0 spiro atoms. The Morgan fingerprint density at radius 1 is 1.04 bits per heavy atom. The molecule has 8 nitrogen and oxygen atoms in total. The van der Waals surface area contributed by atoms with Crippen molar-refractivity contribution in [3.8, 4) is 5.75 Å². The van der Waals surface area contributed by atoms with Crippen molar-refractivity contribution in [2.24, 2.45) is 0 Å². The lowest BCUT2D eigenvalue weighted by atomic mass is 10.1. The highest BCUT2D eigenvalue weighted by Crippen LogP contribution is 2.42. The molecular weight excluding hydrogens is 368 g/mol. The minimum absolute atomic E-state index is 0.443. The number of urea groups is 1. The molecule has 0 radical (unpaired) electrons. The molecule has 0 aliphatic carbocycles. The minimum Gasteiger partial charge on any atom is -0.492 e. The maximum atomic E-state index is 12.4. The zero-order valence-electron chi connectivity index (χ0n) is 15.6. The number of benzene rings is 2. The summed E-state index contributed by atoms with van der Waals surface area (Å²) in [4.78, 5) is 12.4. The summed E-state index contributed by atoms with van der Waals surface area (Å²) < 4.78 is 32.5. The maximum absolute atomic E-state index is 12.4. The van der Waals surface area contributed by atoms with Crippen molar-refractivity contribution in [2.75, 3.05) is 39.9 Å². The van der Waals surface area contributed by atoms with E-state index in [0.29, 0.717) is 35.1 Å². The van der Waals surface area contributed by atoms with Crippen molar-refractivity contribution >= 4 is 39.0 Å². The molecule has 2 aromatic rings. The average Bonchev–Trinajstić information content (AvgIpc) is 2.78. The first-order chi connectivity index (χ1) is 12.8. The van der Waals surface area contributed by atoms with Crippen molar-refractivity contribution in [3.63, 3.8) is 0 Å². The Bertz CT molecular complexity index is 991. The van der Waals surface area contributed by atoms with E-state index in [1.807, 2.05) is 19.9 Å². The van der Waals surface area contributed by atoms with Crippen molar-refractivity contribution in [1.29, 1.82) is 0 Å². The normalized spacial score (nSPS) is 14.7. The van der Waals surface area contributed by atoms with Gasteiger partial charge in [-0.2, -0.15) is 8.42 Å². The van der Waals surface area contributed by atoms with Crippen molar-refractivity contribution in [2.45, 2.75) is 13.8 Å². The van der Waals surface area contributed by atoms with Crippen LogP contribution in [0.5, 0.6) is 5.75 Å². The smallest absolute Gasteiger partial charge is 0.326 e. The summed E-state index contributed by atoms with van der Waals surface area (Å²) in [6, 6.07) is 10.1. The Morgan fingerprint density at radius 2 is 1.63 bits per heavy atom. The zero-order chi connectivity index (χ0) is 19.8. The molecule has 144 valence electrons. The number of hydrogen-bond acceptors (Lipinski definition) is 4. The first kappa shape index (κ1) is 18.8. The molecule has 2 N–H and O–H groups in total. The molecular formula is C18H22N4O4S. The molecule has 2 aromatic carbocycles. The Morgan fingerprint density at radius 3 is 2.30 bits per heavy atom. The standard InChI is InChI=1S/C18H22N4O4S/c1-5-26-17-9-7-6-8-13(17)19-18(23)20-14-11-16-15(10-12(14)2)21(3)27(24,25)22(16)4/h6-11H,5H2,1-4H3,(H2,19,20,23). The monoisotopic (exact) mass is 390 g/mol. The third kappa shape index (κ3) is 3.37. The van der Waals surface area contributed by atoms with Crippen LogP contribution in [0.15, 0.2) is 36.4 Å². The highest BCUT2D eigenvalue weighted by atomic mass is 32.2. The molecule has 0 atom stereocenters. The predicted octanol–water partition coefficient (Wildman–Crippen LogP) is 3.17. The van der Waals surface area contributed by atoms with E-state index < -0.39 is 16.2 Å². The van der Waals surface area contributed by atoms with Crippen LogP contribution >= 0.6 is 0 Å². The third-order valence-corrected chi connectivity index (χ3v) is 6.15. The summed E-state index contributed by atoms with van der Waals surface area (Å²) in [5, 5.41) is 5.53. The molecule has 0 unspecified atom stereocenters. The highest BCUT2D eigenvalue weighted by Gasteiger charge is 2.36. The van der Waals surface area contributed by atoms with Gasteiger partial charge < -0.3 is 15.4 Å². The number of aryl methyl sites for hydroxylation is 1. The summed E-state index contributed by atoms with van der Waals surface area (Å²) in [5.41, 5.74) is 2.91. The number of amides is 2. The van der Waals surface area contributed by atoms with Crippen molar-refractivity contribution in [3.05, 3.63) is 42.0 Å². The second-order valence-corrected chi connectivity index (χ2v) is 8.10. The topological polar surface area (TPSA) is 91.0 Å². The number of ether oxygens (including phenoxy) is 1. The van der Waals surface area contributed by atoms with Crippen molar-refractivity contribution < 1.29 is 17.9 Å². The van der Waals surface area contributed by atoms with E-state index in [4.69, 9.17) is 4.74 Å². The Balaban J connectivity index is 1.84. The molecule has 1 aliphatic rings. The van der Waals surface area contributed by atoms with Crippen LogP contribution in [0.3, 0.4) is 0 Å². The number of carbonyl (C=O) groups excluding carboxylic acids is 1. The summed E-state index contributed by atoms with van der Waals surface area (Å²) in [6.45, 7) is 4.16. The fraction of sp³-hybridized carbons (Fsp3) is 0.278. The number of para-hydroxylation sites is 2. The van der Waals surface area contributed by atoms with Gasteiger partial charge in [0, 0.05) is 19.8 Å². The number of rotatable bonds is 4. The summed E-state index contributed by atoms with van der Waals surface area (Å²) in [7, 11) is -0.581. The first-order valence-corrected chi connectivity index (χ1v) is 9.82. The zero-order valence-corrected chi connectivity index (χ0v) is 16.4. The van der Waals surface area contributed by atoms with Gasteiger partial charge in [-0.25, -0.2) is 4.79 Å². The van der Waals surface area contributed by atoms with Crippen LogP contribution in [0, 0.1) is 6.92 Å². The number of nitrogens with one attached hydrogen (secondary N) is 2. The average molecular weight is 390 g/mol. The van der Waals surface area contributed by atoms with Gasteiger partial charge in [0.1, 0.15) is 5.75 Å². The fourth-order valence-corrected chi connectivity index (χ4v) is 4.04. The Hall–Kier alpha value is -2.94. The third-order valence-electron chi connectivity index (χ3n) is 4.38. The number of carbonyl (C=O) groups is 1. The molecule has 0 fully saturated rings. The van der Waals surface area contributed by atoms with Gasteiger partial charge in [0.2, 0.25) is 0 Å². The second-order valence-electron chi connectivity index (χ2n) is 6.11. The summed E-state index contributed by atoms with van der Waals surface area (Å²) in [5.74, 6) is 0.577. The van der Waals surface area contributed by atoms with Gasteiger partial charge in [-0.05, 0) is 43.7 Å². The van der Waals surface area contributed by atoms with E-state index in [-0.39, 0.29) is 0 Å². The lowest BCUT2D eigenvalue weighted by Crippen LogP contribution is -2.32. The van der Waals surface area contributed by atoms with E-state index in [0.717, 1.165) is 5.56 Å². The van der Waals surface area contributed by atoms with Gasteiger partial charge in [-0.1, -0.05) is 12.1 Å². The highest BCUT2D eigenvalue weighted by molar-refractivity contribution is 7.94. The van der Waals surface area contributed by atoms with Crippen LogP contribution in [-0.4, -0.2) is 35.2 Å². The van der Waals surface area contributed by atoms with Gasteiger partial charge in [-0.15, -0.1) is 0 Å². The first-order valence-electron chi connectivity index (χ1n) is 8.43. The summed E-state index contributed by atoms with van der Waals surface area (Å²) in [6.07, 6.45) is 0. The van der Waals surface area contributed by atoms with Gasteiger partial charge in [-0.3, -0.25) is 8.61 Å². The molecule has 27 heavy (non-hydrogen) atoms. The van der Waals surface area contributed by atoms with Crippen LogP contribution in [0.4, 0.5) is 27.5 Å². The second kappa shape index (κ2) is 6.99. The van der Waals surface area contributed by atoms with Gasteiger partial charge in [0.15, 0.2) is 0 Å². The van der Waals surface area contributed by atoms with Gasteiger partial charge >= 0.3 is 16.2 Å². The maximum Gasteiger partial charge on any atom is 0.326 e. The lowest BCUT2D eigenvalue weighted by molar-refractivity contribution is 0.262. The van der Waals surface area contributed by atoms with Gasteiger partial charge in [0.25, 0.3) is 0 Å². The number of anilines is 4. The number of hydrogen-bond donors (Lipinski definition) is 2.